The standard InChI is InChI=1S/C31H33ClN4O4/c1-5-19-14-23(21-10-12-34-13-11-21)28(33)24-16-25(29(38)35-17-20-6-8-22(32)9-7-20)30(39)36(26(24)15-19)18-27(37)40-31(2,3)4/h6-14,16,19,33H,5,15,17-18H2,1-4H3,(H,35,38). The van der Waals surface area contributed by atoms with Crippen LogP contribution < -0.4 is 10.9 Å². The number of carbonyl (C=O) groups is 2. The van der Waals surface area contributed by atoms with E-state index >= 15 is 0 Å². The Balaban J connectivity index is 1.81. The number of rotatable bonds is 7. The van der Waals surface area contributed by atoms with Gasteiger partial charge in [-0.1, -0.05) is 36.7 Å². The van der Waals surface area contributed by atoms with Crippen LogP contribution in [0, 0.1) is 11.3 Å². The Kier molecular flexibility index (Phi) is 8.69. The molecule has 0 radical (unpaired) electrons. The lowest BCUT2D eigenvalue weighted by molar-refractivity contribution is -0.155. The van der Waals surface area contributed by atoms with Gasteiger partial charge in [0.25, 0.3) is 11.5 Å². The SMILES string of the molecule is CCC1C=C(c2ccncc2)C(=N)c2cc(C(=O)NCc3ccc(Cl)cc3)c(=O)n(CC(=O)OC(C)(C)C)c2C1. The molecule has 1 aromatic carbocycles. The fourth-order valence-electron chi connectivity index (χ4n) is 4.66. The van der Waals surface area contributed by atoms with Gasteiger partial charge in [-0.15, -0.1) is 0 Å². The van der Waals surface area contributed by atoms with Gasteiger partial charge in [0.05, 0.1) is 5.71 Å². The van der Waals surface area contributed by atoms with Crippen molar-refractivity contribution in [2.24, 2.45) is 5.92 Å². The predicted molar refractivity (Wildman–Crippen MR) is 156 cm³/mol. The van der Waals surface area contributed by atoms with Crippen LogP contribution in [0.3, 0.4) is 0 Å². The van der Waals surface area contributed by atoms with Crippen LogP contribution in [0.5, 0.6) is 0 Å². The van der Waals surface area contributed by atoms with Crippen molar-refractivity contribution >= 4 is 34.8 Å². The van der Waals surface area contributed by atoms with Crippen molar-refractivity contribution in [3.05, 3.63) is 104 Å². The number of allylic oxidation sites excluding steroid dienone is 2. The smallest absolute Gasteiger partial charge is 0.326 e. The molecule has 1 atom stereocenters. The lowest BCUT2D eigenvalue weighted by Gasteiger charge is -2.22. The molecule has 1 aliphatic carbocycles. The first kappa shape index (κ1) is 29.0. The number of pyridine rings is 2. The summed E-state index contributed by atoms with van der Waals surface area (Å²) in [5.74, 6) is -1.19. The van der Waals surface area contributed by atoms with Crippen LogP contribution in [-0.4, -0.2) is 32.7 Å². The molecule has 0 fully saturated rings. The highest BCUT2D eigenvalue weighted by Crippen LogP contribution is 2.31. The van der Waals surface area contributed by atoms with Crippen molar-refractivity contribution in [1.29, 1.82) is 5.41 Å². The molecule has 0 spiro atoms. The van der Waals surface area contributed by atoms with Crippen molar-refractivity contribution in [2.45, 2.75) is 59.2 Å². The molecule has 0 aliphatic heterocycles. The van der Waals surface area contributed by atoms with E-state index in [2.05, 4.69) is 10.3 Å². The topological polar surface area (TPSA) is 114 Å². The van der Waals surface area contributed by atoms with Gasteiger partial charge in [0, 0.05) is 40.8 Å². The second-order valence-corrected chi connectivity index (χ2v) is 11.2. The molecular formula is C31H33ClN4O4. The summed E-state index contributed by atoms with van der Waals surface area (Å²) in [5, 5.41) is 12.6. The predicted octanol–water partition coefficient (Wildman–Crippen LogP) is 5.20. The number of benzene rings is 1. The first-order valence-corrected chi connectivity index (χ1v) is 13.6. The van der Waals surface area contributed by atoms with E-state index in [9.17, 15) is 19.8 Å². The number of ether oxygens (including phenoxy) is 1. The quantitative estimate of drug-likeness (QED) is 0.385. The molecule has 2 heterocycles. The average Bonchev–Trinajstić information content (AvgIpc) is 3.05. The summed E-state index contributed by atoms with van der Waals surface area (Å²) >= 11 is 5.96. The number of esters is 1. The summed E-state index contributed by atoms with van der Waals surface area (Å²) in [7, 11) is 0. The maximum atomic E-state index is 13.8. The zero-order valence-electron chi connectivity index (χ0n) is 23.1. The van der Waals surface area contributed by atoms with E-state index in [1.165, 1.54) is 10.6 Å². The Morgan fingerprint density at radius 1 is 1.15 bits per heavy atom. The van der Waals surface area contributed by atoms with Gasteiger partial charge in [0.2, 0.25) is 0 Å². The Morgan fingerprint density at radius 3 is 2.45 bits per heavy atom. The third kappa shape index (κ3) is 6.74. The largest absolute Gasteiger partial charge is 0.459 e. The molecule has 1 aliphatic rings. The van der Waals surface area contributed by atoms with E-state index in [1.54, 1.807) is 57.4 Å². The molecule has 208 valence electrons. The number of carbonyl (C=O) groups excluding carboxylic acids is 2. The maximum absolute atomic E-state index is 13.8. The first-order valence-electron chi connectivity index (χ1n) is 13.2. The summed E-state index contributed by atoms with van der Waals surface area (Å²) < 4.78 is 6.83. The monoisotopic (exact) mass is 560 g/mol. The lowest BCUT2D eigenvalue weighted by Crippen LogP contribution is -2.38. The third-order valence-corrected chi connectivity index (χ3v) is 6.88. The maximum Gasteiger partial charge on any atom is 0.326 e. The van der Waals surface area contributed by atoms with Gasteiger partial charge in [0.15, 0.2) is 0 Å². The number of aromatic nitrogens is 2. The van der Waals surface area contributed by atoms with Crippen LogP contribution in [0.25, 0.3) is 5.57 Å². The number of fused-ring (bicyclic) bond motifs is 1. The molecular weight excluding hydrogens is 528 g/mol. The molecule has 0 saturated heterocycles. The lowest BCUT2D eigenvalue weighted by atomic mass is 9.95. The van der Waals surface area contributed by atoms with E-state index in [-0.39, 0.29) is 30.3 Å². The fourth-order valence-corrected chi connectivity index (χ4v) is 4.78. The minimum atomic E-state index is -0.750. The normalized spacial score (nSPS) is 15.1. The Bertz CT molecular complexity index is 1520. The minimum absolute atomic E-state index is 0.00127. The second kappa shape index (κ2) is 12.0. The molecule has 9 heteroatoms. The summed E-state index contributed by atoms with van der Waals surface area (Å²) in [4.78, 5) is 44.2. The molecule has 2 aromatic heterocycles. The number of hydrogen-bond acceptors (Lipinski definition) is 6. The first-order chi connectivity index (χ1) is 19.0. The Labute approximate surface area is 238 Å². The highest BCUT2D eigenvalue weighted by molar-refractivity contribution is 6.31. The number of nitrogens with one attached hydrogen (secondary N) is 2. The summed E-state index contributed by atoms with van der Waals surface area (Å²) in [6.07, 6.45) is 6.53. The van der Waals surface area contributed by atoms with Crippen LogP contribution in [-0.2, 0) is 29.0 Å². The van der Waals surface area contributed by atoms with Gasteiger partial charge in [-0.25, -0.2) is 0 Å². The Hall–Kier alpha value is -4.04. The van der Waals surface area contributed by atoms with Crippen molar-refractivity contribution in [3.8, 4) is 0 Å². The number of hydrogen-bond donors (Lipinski definition) is 2. The summed E-state index contributed by atoms with van der Waals surface area (Å²) in [6, 6.07) is 12.1. The molecule has 40 heavy (non-hydrogen) atoms. The van der Waals surface area contributed by atoms with Gasteiger partial charge in [-0.05, 0) is 81.0 Å². The van der Waals surface area contributed by atoms with Crippen molar-refractivity contribution in [1.82, 2.24) is 14.9 Å². The van der Waals surface area contributed by atoms with Gasteiger partial charge in [0.1, 0.15) is 17.7 Å². The number of halogens is 1. The number of amides is 1. The van der Waals surface area contributed by atoms with Crippen molar-refractivity contribution in [3.63, 3.8) is 0 Å². The zero-order valence-corrected chi connectivity index (χ0v) is 23.8. The highest BCUT2D eigenvalue weighted by Gasteiger charge is 2.29. The molecule has 0 saturated carbocycles. The average molecular weight is 561 g/mol. The molecule has 1 amide bonds. The van der Waals surface area contributed by atoms with E-state index < -0.39 is 23.0 Å². The number of nitrogens with zero attached hydrogens (tertiary/aromatic N) is 2. The van der Waals surface area contributed by atoms with Crippen LogP contribution >= 0.6 is 11.6 Å². The highest BCUT2D eigenvalue weighted by atomic mass is 35.5. The summed E-state index contributed by atoms with van der Waals surface area (Å²) in [6.45, 7) is 7.10. The van der Waals surface area contributed by atoms with Gasteiger partial charge in [-0.3, -0.25) is 24.8 Å². The summed E-state index contributed by atoms with van der Waals surface area (Å²) in [5.41, 5.74) is 1.93. The molecule has 2 N–H and O–H groups in total. The molecule has 1 unspecified atom stereocenters. The zero-order chi connectivity index (χ0) is 29.0. The third-order valence-electron chi connectivity index (χ3n) is 6.63. The van der Waals surface area contributed by atoms with Crippen LogP contribution in [0.15, 0.2) is 65.7 Å². The fraction of sp³-hybridized carbons (Fsp3) is 0.323. The van der Waals surface area contributed by atoms with Crippen LogP contribution in [0.2, 0.25) is 5.02 Å². The van der Waals surface area contributed by atoms with Crippen LogP contribution in [0.4, 0.5) is 0 Å². The minimum Gasteiger partial charge on any atom is -0.459 e. The van der Waals surface area contributed by atoms with Gasteiger partial charge >= 0.3 is 5.97 Å². The van der Waals surface area contributed by atoms with E-state index in [0.717, 1.165) is 17.5 Å². The second-order valence-electron chi connectivity index (χ2n) is 10.8. The molecule has 0 bridgehead atoms. The van der Waals surface area contributed by atoms with Crippen molar-refractivity contribution < 1.29 is 14.3 Å². The van der Waals surface area contributed by atoms with Gasteiger partial charge < -0.3 is 14.6 Å². The van der Waals surface area contributed by atoms with Gasteiger partial charge in [-0.2, -0.15) is 0 Å². The molecule has 8 nitrogen and oxygen atoms in total. The molecule has 3 aromatic rings. The van der Waals surface area contributed by atoms with E-state index in [0.29, 0.717) is 28.3 Å². The van der Waals surface area contributed by atoms with E-state index in [4.69, 9.17) is 16.3 Å². The van der Waals surface area contributed by atoms with Crippen LogP contribution in [0.1, 0.15) is 66.9 Å². The van der Waals surface area contributed by atoms with Crippen molar-refractivity contribution in [2.75, 3.05) is 0 Å². The molecule has 4 rings (SSSR count). The Morgan fingerprint density at radius 2 is 1.82 bits per heavy atom. The van der Waals surface area contributed by atoms with E-state index in [1.807, 2.05) is 25.1 Å².